The number of aromatic nitrogens is 3. The fourth-order valence-electron chi connectivity index (χ4n) is 5.82. The number of halogens is 1. The smallest absolute Gasteiger partial charge is 0.227 e. The van der Waals surface area contributed by atoms with Crippen LogP contribution in [-0.2, 0) is 13.0 Å². The van der Waals surface area contributed by atoms with E-state index in [9.17, 15) is 0 Å². The van der Waals surface area contributed by atoms with Crippen LogP contribution in [-0.4, -0.2) is 61.9 Å². The molecule has 3 aromatic carbocycles. The molecule has 0 bridgehead atoms. The highest BCUT2D eigenvalue weighted by molar-refractivity contribution is 7.22. The zero-order chi connectivity index (χ0) is 27.9. The van der Waals surface area contributed by atoms with Crippen LogP contribution in [0.4, 0.5) is 16.9 Å². The molecule has 0 spiro atoms. The molecule has 0 N–H and O–H groups in total. The van der Waals surface area contributed by atoms with Gasteiger partial charge in [-0.25, -0.2) is 9.97 Å². The van der Waals surface area contributed by atoms with Crippen molar-refractivity contribution in [2.75, 3.05) is 61.6 Å². The van der Waals surface area contributed by atoms with Crippen molar-refractivity contribution in [2.24, 2.45) is 0 Å². The van der Waals surface area contributed by atoms with E-state index in [0.717, 1.165) is 107 Å². The summed E-state index contributed by atoms with van der Waals surface area (Å²) in [4.78, 5) is 22.2. The second-order valence-electron chi connectivity index (χ2n) is 10.4. The monoisotopic (exact) mass is 586 g/mol. The fraction of sp³-hybridized carbons (Fsp3) is 0.323. The van der Waals surface area contributed by atoms with Gasteiger partial charge in [-0.15, -0.1) is 0 Å². The normalized spacial score (nSPS) is 15.7. The van der Waals surface area contributed by atoms with E-state index in [0.29, 0.717) is 0 Å². The molecule has 1 saturated heterocycles. The van der Waals surface area contributed by atoms with Gasteiger partial charge in [0, 0.05) is 49.7 Å². The Morgan fingerprint density at radius 3 is 2.39 bits per heavy atom. The molecule has 5 aromatic rings. The summed E-state index contributed by atoms with van der Waals surface area (Å²) < 4.78 is 12.3. The topological polar surface area (TPSA) is 66.9 Å². The Kier molecular flexibility index (Phi) is 6.92. The number of benzene rings is 3. The average Bonchev–Trinajstić information content (AvgIpc) is 3.26. The summed E-state index contributed by atoms with van der Waals surface area (Å²) in [6, 6.07) is 18.4. The summed E-state index contributed by atoms with van der Waals surface area (Å²) in [6.07, 6.45) is 1.91. The lowest BCUT2D eigenvalue weighted by atomic mass is 9.98. The lowest BCUT2D eigenvalue weighted by Crippen LogP contribution is -2.34. The molecule has 2 aromatic heterocycles. The number of anilines is 3. The molecule has 2 aliphatic heterocycles. The summed E-state index contributed by atoms with van der Waals surface area (Å²) in [5, 5.41) is 2.86. The van der Waals surface area contributed by atoms with Crippen molar-refractivity contribution in [1.82, 2.24) is 15.0 Å². The van der Waals surface area contributed by atoms with Crippen LogP contribution < -0.4 is 24.2 Å². The quantitative estimate of drug-likeness (QED) is 0.242. The summed E-state index contributed by atoms with van der Waals surface area (Å²) in [5.74, 6) is 3.30. The highest BCUT2D eigenvalue weighted by Crippen LogP contribution is 2.36. The van der Waals surface area contributed by atoms with Crippen molar-refractivity contribution < 1.29 is 9.47 Å². The summed E-state index contributed by atoms with van der Waals surface area (Å²) in [6.45, 7) is 5.15. The Balaban J connectivity index is 1.17. The molecule has 41 heavy (non-hydrogen) atoms. The highest BCUT2D eigenvalue weighted by atomic mass is 35.5. The third kappa shape index (κ3) is 4.97. The Bertz CT molecular complexity index is 1740. The van der Waals surface area contributed by atoms with Gasteiger partial charge >= 0.3 is 0 Å². The minimum atomic E-state index is 0.745. The maximum absolute atomic E-state index is 6.22. The first kappa shape index (κ1) is 26.1. The molecule has 4 heterocycles. The van der Waals surface area contributed by atoms with E-state index in [-0.39, 0.29) is 0 Å². The fourth-order valence-corrected chi connectivity index (χ4v) is 7.12. The first-order chi connectivity index (χ1) is 20.1. The highest BCUT2D eigenvalue weighted by Gasteiger charge is 2.25. The minimum absolute atomic E-state index is 0.745. The number of ether oxygens (including phenoxy) is 2. The van der Waals surface area contributed by atoms with Gasteiger partial charge in [-0.1, -0.05) is 35.1 Å². The predicted molar refractivity (Wildman–Crippen MR) is 168 cm³/mol. The molecule has 0 amide bonds. The number of hydrogen-bond acceptors (Lipinski definition) is 9. The summed E-state index contributed by atoms with van der Waals surface area (Å²) >= 11 is 7.92. The van der Waals surface area contributed by atoms with Gasteiger partial charge < -0.3 is 24.2 Å². The van der Waals surface area contributed by atoms with Gasteiger partial charge in [-0.2, -0.15) is 4.98 Å². The van der Waals surface area contributed by atoms with Crippen LogP contribution in [0.1, 0.15) is 17.5 Å². The van der Waals surface area contributed by atoms with Crippen LogP contribution in [0.15, 0.2) is 54.6 Å². The van der Waals surface area contributed by atoms with Crippen molar-refractivity contribution in [3.05, 3.63) is 70.7 Å². The minimum Gasteiger partial charge on any atom is -0.493 e. The molecule has 0 aliphatic carbocycles. The second-order valence-corrected chi connectivity index (χ2v) is 11.9. The number of rotatable bonds is 5. The summed E-state index contributed by atoms with van der Waals surface area (Å²) in [5.41, 5.74) is 4.50. The van der Waals surface area contributed by atoms with Crippen LogP contribution in [0.3, 0.4) is 0 Å². The van der Waals surface area contributed by atoms with E-state index in [1.807, 2.05) is 18.2 Å². The van der Waals surface area contributed by atoms with Crippen LogP contribution in [0.25, 0.3) is 21.1 Å². The van der Waals surface area contributed by atoms with Crippen LogP contribution in [0.2, 0.25) is 5.02 Å². The first-order valence-electron chi connectivity index (χ1n) is 13.9. The molecule has 2 aliphatic rings. The molecule has 10 heteroatoms. The van der Waals surface area contributed by atoms with E-state index in [1.54, 1.807) is 25.6 Å². The van der Waals surface area contributed by atoms with Gasteiger partial charge in [0.1, 0.15) is 5.82 Å². The van der Waals surface area contributed by atoms with E-state index in [4.69, 9.17) is 36.0 Å². The third-order valence-electron chi connectivity index (χ3n) is 7.98. The van der Waals surface area contributed by atoms with Crippen molar-refractivity contribution in [1.29, 1.82) is 0 Å². The molecule has 210 valence electrons. The number of para-hydroxylation sites is 1. The van der Waals surface area contributed by atoms with Crippen molar-refractivity contribution in [3.63, 3.8) is 0 Å². The number of nitrogens with zero attached hydrogens (tertiary/aromatic N) is 6. The van der Waals surface area contributed by atoms with Crippen LogP contribution >= 0.6 is 22.9 Å². The van der Waals surface area contributed by atoms with E-state index < -0.39 is 0 Å². The largest absolute Gasteiger partial charge is 0.493 e. The van der Waals surface area contributed by atoms with Gasteiger partial charge in [-0.05, 0) is 66.4 Å². The number of methoxy groups -OCH3 is 2. The van der Waals surface area contributed by atoms with Gasteiger partial charge in [0.05, 0.1) is 30.0 Å². The second kappa shape index (κ2) is 10.9. The molecule has 7 rings (SSSR count). The molecule has 0 unspecified atom stereocenters. The standard InChI is InChI=1S/C31H31ClN6O2S/c1-39-26-16-20-10-13-38(19-21(20)17-27(26)40-2)29-23-6-3-4-7-24(23)33-30(35-29)36-11-5-12-37(15-14-36)31-34-25-9-8-22(32)18-28(25)41-31/h3-4,6-9,16-18H,5,10-15,19H2,1-2H3. The van der Waals surface area contributed by atoms with Crippen molar-refractivity contribution in [3.8, 4) is 11.5 Å². The zero-order valence-corrected chi connectivity index (χ0v) is 24.7. The number of thiazole rings is 1. The predicted octanol–water partition coefficient (Wildman–Crippen LogP) is 6.19. The number of hydrogen-bond donors (Lipinski definition) is 0. The van der Waals surface area contributed by atoms with Gasteiger partial charge in [0.15, 0.2) is 16.6 Å². The van der Waals surface area contributed by atoms with Crippen LogP contribution in [0.5, 0.6) is 11.5 Å². The Morgan fingerprint density at radius 1 is 0.756 bits per heavy atom. The Hall–Kier alpha value is -3.82. The molecule has 1 fully saturated rings. The van der Waals surface area contributed by atoms with Crippen LogP contribution in [0, 0.1) is 0 Å². The maximum Gasteiger partial charge on any atom is 0.227 e. The lowest BCUT2D eigenvalue weighted by molar-refractivity contribution is 0.353. The van der Waals surface area contributed by atoms with Crippen molar-refractivity contribution >= 4 is 61.0 Å². The first-order valence-corrected chi connectivity index (χ1v) is 15.1. The molecular formula is C31H31ClN6O2S. The van der Waals surface area contributed by atoms with Gasteiger partial charge in [0.2, 0.25) is 5.95 Å². The molecule has 0 saturated carbocycles. The SMILES string of the molecule is COc1cc2c(cc1OC)CN(c1nc(N3CCCN(c4nc5ccc(Cl)cc5s4)CC3)nc3ccccc13)CC2. The van der Waals surface area contributed by atoms with E-state index in [1.165, 1.54) is 11.1 Å². The zero-order valence-electron chi connectivity index (χ0n) is 23.1. The van der Waals surface area contributed by atoms with E-state index >= 15 is 0 Å². The molecule has 8 nitrogen and oxygen atoms in total. The van der Waals surface area contributed by atoms with Gasteiger partial charge in [-0.3, -0.25) is 0 Å². The Labute approximate surface area is 248 Å². The molecule has 0 radical (unpaired) electrons. The summed E-state index contributed by atoms with van der Waals surface area (Å²) in [7, 11) is 3.37. The Morgan fingerprint density at radius 2 is 1.54 bits per heavy atom. The van der Waals surface area contributed by atoms with E-state index in [2.05, 4.69) is 51.1 Å². The average molecular weight is 587 g/mol. The lowest BCUT2D eigenvalue weighted by Gasteiger charge is -2.32. The number of fused-ring (bicyclic) bond motifs is 3. The van der Waals surface area contributed by atoms with Crippen molar-refractivity contribution in [2.45, 2.75) is 19.4 Å². The molecular weight excluding hydrogens is 556 g/mol. The maximum atomic E-state index is 6.22. The molecule has 0 atom stereocenters. The third-order valence-corrected chi connectivity index (χ3v) is 9.29. The van der Waals surface area contributed by atoms with Gasteiger partial charge in [0.25, 0.3) is 0 Å².